The van der Waals surface area contributed by atoms with Crippen LogP contribution in [0.3, 0.4) is 0 Å². The predicted octanol–water partition coefficient (Wildman–Crippen LogP) is 2.90. The number of hydrogen-bond acceptors (Lipinski definition) is 3. The van der Waals surface area contributed by atoms with Gasteiger partial charge in [0, 0.05) is 25.8 Å². The third kappa shape index (κ3) is 4.78. The van der Waals surface area contributed by atoms with E-state index in [1.165, 1.54) is 6.20 Å². The monoisotopic (exact) mass is 319 g/mol. The molecule has 0 aromatic carbocycles. The molecule has 118 valence electrons. The van der Waals surface area contributed by atoms with Crippen LogP contribution < -0.4 is 5.32 Å². The van der Waals surface area contributed by atoms with Gasteiger partial charge in [0.1, 0.15) is 0 Å². The fourth-order valence-electron chi connectivity index (χ4n) is 2.05. The molecule has 0 saturated heterocycles. The highest BCUT2D eigenvalue weighted by Gasteiger charge is 2.08. The van der Waals surface area contributed by atoms with Gasteiger partial charge >= 0.3 is 6.55 Å². The first-order chi connectivity index (χ1) is 9.60. The molecule has 0 amide bonds. The third-order valence-corrected chi connectivity index (χ3v) is 2.90. The maximum atomic E-state index is 12.4. The Bertz CT molecular complexity index is 553. The first-order valence-electron chi connectivity index (χ1n) is 6.66. The number of alkyl halides is 2. The number of rotatable bonds is 7. The van der Waals surface area contributed by atoms with E-state index >= 15 is 0 Å². The van der Waals surface area contributed by atoms with Gasteiger partial charge < -0.3 is 5.32 Å². The number of nitrogens with zero attached hydrogens (tertiary/aromatic N) is 4. The van der Waals surface area contributed by atoms with Crippen molar-refractivity contribution in [2.75, 3.05) is 0 Å². The van der Waals surface area contributed by atoms with Gasteiger partial charge in [-0.1, -0.05) is 6.92 Å². The van der Waals surface area contributed by atoms with E-state index in [0.29, 0.717) is 23.5 Å². The fourth-order valence-corrected chi connectivity index (χ4v) is 2.05. The normalized spacial score (nSPS) is 10.9. The van der Waals surface area contributed by atoms with E-state index in [2.05, 4.69) is 22.4 Å². The summed E-state index contributed by atoms with van der Waals surface area (Å²) in [5.74, 6) is 0. The fraction of sp³-hybridized carbons (Fsp3) is 0.538. The summed E-state index contributed by atoms with van der Waals surface area (Å²) in [6.07, 6.45) is 2.31. The van der Waals surface area contributed by atoms with E-state index in [1.54, 1.807) is 6.07 Å². The summed E-state index contributed by atoms with van der Waals surface area (Å²) in [7, 11) is 0. The molecule has 0 aliphatic heterocycles. The summed E-state index contributed by atoms with van der Waals surface area (Å²) < 4.78 is 27.4. The molecule has 8 heteroatoms. The van der Waals surface area contributed by atoms with Crippen LogP contribution in [0.25, 0.3) is 0 Å². The lowest BCUT2D eigenvalue weighted by atomic mass is 10.3. The lowest BCUT2D eigenvalue weighted by Gasteiger charge is -2.06. The van der Waals surface area contributed by atoms with Crippen molar-refractivity contribution in [1.29, 1.82) is 0 Å². The van der Waals surface area contributed by atoms with Crippen molar-refractivity contribution in [1.82, 2.24) is 24.9 Å². The molecule has 0 bridgehead atoms. The summed E-state index contributed by atoms with van der Waals surface area (Å²) >= 11 is 0. The third-order valence-electron chi connectivity index (χ3n) is 2.90. The van der Waals surface area contributed by atoms with E-state index in [0.717, 1.165) is 24.4 Å². The van der Waals surface area contributed by atoms with Gasteiger partial charge in [-0.2, -0.15) is 19.0 Å². The molecule has 0 spiro atoms. The van der Waals surface area contributed by atoms with E-state index in [-0.39, 0.29) is 12.4 Å². The maximum absolute atomic E-state index is 12.4. The molecule has 0 fully saturated rings. The van der Waals surface area contributed by atoms with Crippen molar-refractivity contribution in [3.8, 4) is 0 Å². The van der Waals surface area contributed by atoms with Gasteiger partial charge in [-0.05, 0) is 25.5 Å². The van der Waals surface area contributed by atoms with Crippen molar-refractivity contribution in [3.63, 3.8) is 0 Å². The topological polar surface area (TPSA) is 47.7 Å². The van der Waals surface area contributed by atoms with E-state index in [4.69, 9.17) is 0 Å². The number of aromatic nitrogens is 4. The molecule has 2 rings (SSSR count). The molecular weight excluding hydrogens is 300 g/mol. The van der Waals surface area contributed by atoms with Gasteiger partial charge in [-0.15, -0.1) is 12.4 Å². The maximum Gasteiger partial charge on any atom is 0.333 e. The molecule has 5 nitrogen and oxygen atoms in total. The highest BCUT2D eigenvalue weighted by Crippen LogP contribution is 2.09. The van der Waals surface area contributed by atoms with E-state index < -0.39 is 6.55 Å². The smallest absolute Gasteiger partial charge is 0.305 e. The summed E-state index contributed by atoms with van der Waals surface area (Å²) in [6.45, 7) is 3.45. The highest BCUT2D eigenvalue weighted by atomic mass is 35.5. The Kier molecular flexibility index (Phi) is 6.77. The summed E-state index contributed by atoms with van der Waals surface area (Å²) in [5.41, 5.74) is 2.68. The van der Waals surface area contributed by atoms with Crippen molar-refractivity contribution in [2.24, 2.45) is 0 Å². The second-order valence-electron chi connectivity index (χ2n) is 4.67. The van der Waals surface area contributed by atoms with Crippen molar-refractivity contribution in [3.05, 3.63) is 35.4 Å². The molecule has 21 heavy (non-hydrogen) atoms. The Hall–Kier alpha value is -1.47. The standard InChI is InChI=1S/C13H19F2N5.ClH/c1-3-5-19-12(7-10(2)17-19)9-16-8-11-4-6-20(18-11)13(14)15;/h4,6-7,13,16H,3,5,8-9H2,1-2H3;1H. The number of nitrogens with one attached hydrogen (secondary N) is 1. The molecule has 2 aromatic rings. The molecule has 2 heterocycles. The highest BCUT2D eigenvalue weighted by molar-refractivity contribution is 5.85. The number of aryl methyl sites for hydroxylation is 2. The van der Waals surface area contributed by atoms with Crippen LogP contribution in [-0.2, 0) is 19.6 Å². The Morgan fingerprint density at radius 1 is 1.29 bits per heavy atom. The lowest BCUT2D eigenvalue weighted by Crippen LogP contribution is -2.17. The molecule has 0 atom stereocenters. The van der Waals surface area contributed by atoms with E-state index in [9.17, 15) is 8.78 Å². The summed E-state index contributed by atoms with van der Waals surface area (Å²) in [4.78, 5) is 0. The molecule has 2 aromatic heterocycles. The molecule has 0 aliphatic carbocycles. The van der Waals surface area contributed by atoms with Crippen LogP contribution >= 0.6 is 12.4 Å². The predicted molar refractivity (Wildman–Crippen MR) is 78.5 cm³/mol. The minimum Gasteiger partial charge on any atom is -0.305 e. The minimum absolute atomic E-state index is 0. The van der Waals surface area contributed by atoms with Crippen LogP contribution in [0.5, 0.6) is 0 Å². The second-order valence-corrected chi connectivity index (χ2v) is 4.67. The van der Waals surface area contributed by atoms with Gasteiger partial charge in [0.15, 0.2) is 0 Å². The second kappa shape index (κ2) is 8.09. The molecule has 1 N–H and O–H groups in total. The average Bonchev–Trinajstić information content (AvgIpc) is 2.98. The van der Waals surface area contributed by atoms with Crippen molar-refractivity contribution < 1.29 is 8.78 Å². The van der Waals surface area contributed by atoms with Crippen LogP contribution in [0.4, 0.5) is 8.78 Å². The van der Waals surface area contributed by atoms with Crippen molar-refractivity contribution in [2.45, 2.75) is 46.5 Å². The van der Waals surface area contributed by atoms with Gasteiger partial charge in [0.05, 0.1) is 17.1 Å². The minimum atomic E-state index is -2.59. The number of halogens is 3. The zero-order valence-corrected chi connectivity index (χ0v) is 12.9. The Morgan fingerprint density at radius 3 is 2.67 bits per heavy atom. The SMILES string of the molecule is CCCn1nc(C)cc1CNCc1ccn(C(F)F)n1.Cl. The van der Waals surface area contributed by atoms with Crippen LogP contribution in [0.2, 0.25) is 0 Å². The first-order valence-corrected chi connectivity index (χ1v) is 6.66. The molecule has 0 aliphatic rings. The van der Waals surface area contributed by atoms with Gasteiger partial charge in [-0.25, -0.2) is 4.68 Å². The van der Waals surface area contributed by atoms with Crippen LogP contribution in [0.15, 0.2) is 18.3 Å². The molecule has 0 saturated carbocycles. The lowest BCUT2D eigenvalue weighted by molar-refractivity contribution is 0.0561. The quantitative estimate of drug-likeness (QED) is 0.853. The Labute approximate surface area is 128 Å². The van der Waals surface area contributed by atoms with Gasteiger partial charge in [0.25, 0.3) is 0 Å². The van der Waals surface area contributed by atoms with Gasteiger partial charge in [-0.3, -0.25) is 4.68 Å². The molecular formula is C13H20ClF2N5. The largest absolute Gasteiger partial charge is 0.333 e. The zero-order valence-electron chi connectivity index (χ0n) is 12.1. The van der Waals surface area contributed by atoms with Crippen LogP contribution in [0, 0.1) is 6.92 Å². The van der Waals surface area contributed by atoms with Gasteiger partial charge in [0.2, 0.25) is 0 Å². The Balaban J connectivity index is 0.00000220. The van der Waals surface area contributed by atoms with Crippen molar-refractivity contribution >= 4 is 12.4 Å². The molecule has 0 unspecified atom stereocenters. The van der Waals surface area contributed by atoms with Crippen LogP contribution in [-0.4, -0.2) is 19.6 Å². The zero-order chi connectivity index (χ0) is 14.5. The Morgan fingerprint density at radius 2 is 2.05 bits per heavy atom. The average molecular weight is 320 g/mol. The summed E-state index contributed by atoms with van der Waals surface area (Å²) in [6, 6.07) is 3.62. The van der Waals surface area contributed by atoms with E-state index in [1.807, 2.05) is 17.7 Å². The summed E-state index contributed by atoms with van der Waals surface area (Å²) in [5, 5.41) is 11.4. The first kappa shape index (κ1) is 17.6. The van der Waals surface area contributed by atoms with Crippen LogP contribution in [0.1, 0.15) is 37.0 Å². The number of hydrogen-bond donors (Lipinski definition) is 1. The molecule has 0 radical (unpaired) electrons.